The number of carbonyl (C=O) groups excluding carboxylic acids is 1. The highest BCUT2D eigenvalue weighted by Gasteiger charge is 2.51. The maximum atomic E-state index is 12.0. The molecule has 3 rings (SSSR count). The number of hydrogen-bond acceptors (Lipinski definition) is 9. The van der Waals surface area contributed by atoms with Crippen LogP contribution in [0.3, 0.4) is 0 Å². The average Bonchev–Trinajstić information content (AvgIpc) is 2.62. The van der Waals surface area contributed by atoms with Gasteiger partial charge in [-0.3, -0.25) is 9.69 Å². The van der Waals surface area contributed by atoms with Crippen LogP contribution >= 0.6 is 23.5 Å². The molecule has 9 nitrogen and oxygen atoms in total. The lowest BCUT2D eigenvalue weighted by Crippen LogP contribution is -2.68. The molecule has 0 aromatic carbocycles. The van der Waals surface area contributed by atoms with E-state index in [1.165, 1.54) is 28.4 Å². The normalized spacial score (nSPS) is 28.8. The van der Waals surface area contributed by atoms with Crippen molar-refractivity contribution in [1.82, 2.24) is 9.80 Å². The van der Waals surface area contributed by atoms with Crippen LogP contribution in [0.2, 0.25) is 0 Å². The molecule has 2 unspecified atom stereocenters. The Morgan fingerprint density at radius 3 is 2.77 bits per heavy atom. The van der Waals surface area contributed by atoms with Crippen molar-refractivity contribution in [3.05, 3.63) is 22.7 Å². The van der Waals surface area contributed by atoms with Gasteiger partial charge in [-0.25, -0.2) is 9.79 Å². The Hall–Kier alpha value is -1.69. The average molecular weight is 399 g/mol. The van der Waals surface area contributed by atoms with Gasteiger partial charge in [-0.15, -0.1) is 11.8 Å². The number of β-lactam (4-membered cyclic amide) rings is 1. The first-order chi connectivity index (χ1) is 12.3. The number of carbonyl (C=O) groups is 2. The molecule has 0 aromatic heterocycles. The molecule has 3 aliphatic rings. The van der Waals surface area contributed by atoms with Crippen molar-refractivity contribution in [2.45, 2.75) is 31.4 Å². The molecule has 3 aliphatic heterocycles. The number of amides is 1. The molecule has 3 atom stereocenters. The molecule has 1 fully saturated rings. The van der Waals surface area contributed by atoms with E-state index in [1.807, 2.05) is 18.7 Å². The van der Waals surface area contributed by atoms with Gasteiger partial charge in [0.05, 0.1) is 0 Å². The van der Waals surface area contributed by atoms with E-state index >= 15 is 0 Å². The third-order valence-electron chi connectivity index (χ3n) is 4.65. The Bertz CT molecular complexity index is 750. The predicted octanol–water partition coefficient (Wildman–Crippen LogP) is -0.533. The highest BCUT2D eigenvalue weighted by Crippen LogP contribution is 2.40. The van der Waals surface area contributed by atoms with Crippen LogP contribution in [0.5, 0.6) is 0 Å². The molecule has 0 bridgehead atoms. The molecule has 0 spiro atoms. The standard InChI is InChI=1S/C15H22N6O3S2/c1-3-20-11(18)6(2)10(17)19-15(20)26-5-7-4-25-13-8(16)12(22)21(13)9(7)14(23)24/h8,11,13H,3-5,16-18H2,1-2H3,(H,23,24)/t8?,11?,13-/m0/s1. The fraction of sp³-hybridized carbons (Fsp3) is 0.533. The van der Waals surface area contributed by atoms with Gasteiger partial charge in [0.25, 0.3) is 0 Å². The predicted molar refractivity (Wildman–Crippen MR) is 103 cm³/mol. The fourth-order valence-electron chi connectivity index (χ4n) is 3.05. The number of hydrogen-bond donors (Lipinski definition) is 4. The Balaban J connectivity index is 1.83. The van der Waals surface area contributed by atoms with Crippen molar-refractivity contribution < 1.29 is 14.7 Å². The summed E-state index contributed by atoms with van der Waals surface area (Å²) in [5.74, 6) is -0.186. The molecule has 142 valence electrons. The molecular formula is C15H22N6O3S2. The summed E-state index contributed by atoms with van der Waals surface area (Å²) in [5.41, 5.74) is 19.4. The van der Waals surface area contributed by atoms with E-state index in [4.69, 9.17) is 17.2 Å². The zero-order valence-corrected chi connectivity index (χ0v) is 16.1. The van der Waals surface area contributed by atoms with Gasteiger partial charge in [0.2, 0.25) is 5.91 Å². The molecule has 1 saturated heterocycles. The number of rotatable bonds is 4. The van der Waals surface area contributed by atoms with Crippen molar-refractivity contribution in [3.8, 4) is 0 Å². The van der Waals surface area contributed by atoms with Crippen LogP contribution in [0.4, 0.5) is 0 Å². The van der Waals surface area contributed by atoms with Gasteiger partial charge in [-0.1, -0.05) is 11.8 Å². The van der Waals surface area contributed by atoms with E-state index in [1.54, 1.807) is 0 Å². The van der Waals surface area contributed by atoms with Gasteiger partial charge >= 0.3 is 5.97 Å². The largest absolute Gasteiger partial charge is 0.477 e. The summed E-state index contributed by atoms with van der Waals surface area (Å²) in [6.45, 7) is 4.46. The lowest BCUT2D eigenvalue weighted by Gasteiger charge is -2.48. The van der Waals surface area contributed by atoms with Gasteiger partial charge in [0, 0.05) is 23.6 Å². The van der Waals surface area contributed by atoms with Crippen molar-refractivity contribution in [1.29, 1.82) is 0 Å². The topological polar surface area (TPSA) is 151 Å². The molecule has 11 heteroatoms. The number of carboxylic acids is 1. The molecule has 3 heterocycles. The smallest absolute Gasteiger partial charge is 0.352 e. The number of aliphatic carboxylic acids is 1. The summed E-state index contributed by atoms with van der Waals surface area (Å²) in [4.78, 5) is 31.3. The van der Waals surface area contributed by atoms with Gasteiger partial charge in [0.15, 0.2) is 5.17 Å². The van der Waals surface area contributed by atoms with E-state index in [2.05, 4.69) is 4.99 Å². The molecule has 0 aliphatic carbocycles. The number of likely N-dealkylation sites (N-methyl/N-ethyl adjacent to an activating group) is 1. The Labute approximate surface area is 159 Å². The molecule has 1 amide bonds. The second kappa shape index (κ2) is 7.14. The van der Waals surface area contributed by atoms with E-state index in [0.717, 1.165) is 5.57 Å². The third-order valence-corrected chi connectivity index (χ3v) is 7.09. The maximum Gasteiger partial charge on any atom is 0.352 e. The Morgan fingerprint density at radius 1 is 1.46 bits per heavy atom. The summed E-state index contributed by atoms with van der Waals surface area (Å²) in [7, 11) is 0. The summed E-state index contributed by atoms with van der Waals surface area (Å²) in [5, 5.41) is 9.95. The summed E-state index contributed by atoms with van der Waals surface area (Å²) >= 11 is 2.86. The third kappa shape index (κ3) is 2.98. The Kier molecular flexibility index (Phi) is 5.24. The second-order valence-corrected chi connectivity index (χ2v) is 8.22. The number of carboxylic acid groups (broad SMARTS) is 1. The zero-order chi connectivity index (χ0) is 19.2. The summed E-state index contributed by atoms with van der Waals surface area (Å²) in [6.07, 6.45) is -0.354. The lowest BCUT2D eigenvalue weighted by molar-refractivity contribution is -0.147. The van der Waals surface area contributed by atoms with Gasteiger partial charge in [-0.2, -0.15) is 0 Å². The maximum absolute atomic E-state index is 12.0. The zero-order valence-electron chi connectivity index (χ0n) is 14.5. The van der Waals surface area contributed by atoms with Crippen LogP contribution in [0.1, 0.15) is 13.8 Å². The lowest BCUT2D eigenvalue weighted by atomic mass is 10.0. The van der Waals surface area contributed by atoms with Gasteiger partial charge < -0.3 is 27.2 Å². The highest BCUT2D eigenvalue weighted by atomic mass is 32.2. The molecule has 7 N–H and O–H groups in total. The first kappa shape index (κ1) is 19.1. The van der Waals surface area contributed by atoms with Gasteiger partial charge in [-0.05, 0) is 19.4 Å². The molecular weight excluding hydrogens is 376 g/mol. The minimum atomic E-state index is -1.11. The van der Waals surface area contributed by atoms with Crippen LogP contribution in [-0.4, -0.2) is 67.6 Å². The number of aliphatic imine (C=N–C) groups is 1. The van der Waals surface area contributed by atoms with E-state index in [0.29, 0.717) is 34.6 Å². The van der Waals surface area contributed by atoms with Crippen molar-refractivity contribution >= 4 is 40.6 Å². The Morgan fingerprint density at radius 2 is 2.15 bits per heavy atom. The second-order valence-electron chi connectivity index (χ2n) is 6.18. The fourth-order valence-corrected chi connectivity index (χ4v) is 5.59. The van der Waals surface area contributed by atoms with Crippen LogP contribution in [-0.2, 0) is 9.59 Å². The van der Waals surface area contributed by atoms with Crippen LogP contribution < -0.4 is 17.2 Å². The van der Waals surface area contributed by atoms with Gasteiger partial charge in [0.1, 0.15) is 29.1 Å². The number of nitrogens with two attached hydrogens (primary N) is 3. The molecule has 0 aromatic rings. The first-order valence-electron chi connectivity index (χ1n) is 8.13. The quantitative estimate of drug-likeness (QED) is 0.458. The SMILES string of the molecule is CCN1C(SCC2=C(C(=O)O)N3C(=O)C(N)[C@@H]3SC2)=NC(N)=C(C)C1N. The van der Waals surface area contributed by atoms with Crippen LogP contribution in [0, 0.1) is 0 Å². The molecule has 0 radical (unpaired) electrons. The number of fused-ring (bicyclic) bond motifs is 1. The van der Waals surface area contributed by atoms with E-state index in [-0.39, 0.29) is 23.1 Å². The first-order valence-corrected chi connectivity index (χ1v) is 10.2. The molecule has 26 heavy (non-hydrogen) atoms. The summed E-state index contributed by atoms with van der Waals surface area (Å²) in [6, 6.07) is -0.632. The monoisotopic (exact) mass is 398 g/mol. The van der Waals surface area contributed by atoms with Crippen LogP contribution in [0.15, 0.2) is 27.7 Å². The van der Waals surface area contributed by atoms with E-state index < -0.39 is 12.0 Å². The minimum Gasteiger partial charge on any atom is -0.477 e. The number of thioether (sulfide) groups is 2. The van der Waals surface area contributed by atoms with Crippen molar-refractivity contribution in [2.24, 2.45) is 22.2 Å². The number of nitrogens with zero attached hydrogens (tertiary/aromatic N) is 3. The molecule has 0 saturated carbocycles. The highest BCUT2D eigenvalue weighted by molar-refractivity contribution is 8.14. The summed E-state index contributed by atoms with van der Waals surface area (Å²) < 4.78 is 0. The van der Waals surface area contributed by atoms with E-state index in [9.17, 15) is 14.7 Å². The number of amidine groups is 1. The van der Waals surface area contributed by atoms with Crippen molar-refractivity contribution in [2.75, 3.05) is 18.1 Å². The minimum absolute atomic E-state index is 0.0383. The van der Waals surface area contributed by atoms with Crippen molar-refractivity contribution in [3.63, 3.8) is 0 Å². The van der Waals surface area contributed by atoms with Crippen LogP contribution in [0.25, 0.3) is 0 Å².